The summed E-state index contributed by atoms with van der Waals surface area (Å²) < 4.78 is 14.9. The summed E-state index contributed by atoms with van der Waals surface area (Å²) in [6.45, 7) is 15.8. The minimum Gasteiger partial charge on any atom is -0.480 e. The second-order valence-corrected chi connectivity index (χ2v) is 8.95. The van der Waals surface area contributed by atoms with Crippen LogP contribution >= 0.6 is 0 Å². The SMILES string of the molecule is CCCCCOC(=O)[C@H](C)NC(=O)OC(C)(C)C.C[C@H](NC(=O)OC(C)(C)C)C(=O)O.[HH].[HH]. The third-order valence-electron chi connectivity index (χ3n) is 3.18. The van der Waals surface area contributed by atoms with Crippen LogP contribution in [0.5, 0.6) is 0 Å². The van der Waals surface area contributed by atoms with Crippen LogP contribution in [0.25, 0.3) is 0 Å². The Balaban J connectivity index is -0.000000251. The number of alkyl carbamates (subject to hydrolysis) is 2. The molecule has 0 heterocycles. The number of carboxylic acid groups (broad SMARTS) is 1. The molecule has 0 unspecified atom stereocenters. The second-order valence-electron chi connectivity index (χ2n) is 8.95. The summed E-state index contributed by atoms with van der Waals surface area (Å²) >= 11 is 0. The summed E-state index contributed by atoms with van der Waals surface area (Å²) in [6, 6.07) is -1.63. The maximum atomic E-state index is 11.5. The van der Waals surface area contributed by atoms with Crippen LogP contribution in [0.15, 0.2) is 0 Å². The Labute approximate surface area is 188 Å². The van der Waals surface area contributed by atoms with E-state index in [1.54, 1.807) is 48.5 Å². The Morgan fingerprint density at radius 1 is 0.839 bits per heavy atom. The van der Waals surface area contributed by atoms with Crippen LogP contribution in [0, 0.1) is 0 Å². The Hall–Kier alpha value is -2.52. The van der Waals surface area contributed by atoms with Gasteiger partial charge in [-0.25, -0.2) is 14.4 Å². The lowest BCUT2D eigenvalue weighted by Crippen LogP contribution is -2.42. The number of carbonyl (C=O) groups excluding carboxylic acids is 3. The first-order chi connectivity index (χ1) is 14.0. The van der Waals surface area contributed by atoms with Crippen LogP contribution < -0.4 is 10.6 Å². The molecule has 2 atom stereocenters. The molecule has 0 aliphatic carbocycles. The Morgan fingerprint density at radius 3 is 1.61 bits per heavy atom. The number of carboxylic acids is 1. The lowest BCUT2D eigenvalue weighted by Gasteiger charge is -2.21. The fraction of sp³-hybridized carbons (Fsp3) is 0.810. The third-order valence-corrected chi connectivity index (χ3v) is 3.18. The normalized spacial score (nSPS) is 12.9. The molecule has 2 amide bonds. The molecule has 0 fully saturated rings. The minimum atomic E-state index is -1.09. The zero-order valence-corrected chi connectivity index (χ0v) is 20.3. The highest BCUT2D eigenvalue weighted by atomic mass is 16.6. The van der Waals surface area contributed by atoms with Crippen molar-refractivity contribution in [3.63, 3.8) is 0 Å². The highest BCUT2D eigenvalue weighted by molar-refractivity contribution is 5.81. The molecule has 0 saturated heterocycles. The highest BCUT2D eigenvalue weighted by Crippen LogP contribution is 2.07. The van der Waals surface area contributed by atoms with Crippen LogP contribution in [0.2, 0.25) is 0 Å². The van der Waals surface area contributed by atoms with Gasteiger partial charge in [0.1, 0.15) is 23.3 Å². The lowest BCUT2D eigenvalue weighted by molar-refractivity contribution is -0.145. The van der Waals surface area contributed by atoms with Crippen molar-refractivity contribution in [3.8, 4) is 0 Å². The summed E-state index contributed by atoms with van der Waals surface area (Å²) in [5, 5.41) is 13.1. The molecule has 10 nitrogen and oxygen atoms in total. The van der Waals surface area contributed by atoms with Gasteiger partial charge in [0.25, 0.3) is 0 Å². The third kappa shape index (κ3) is 20.5. The van der Waals surface area contributed by atoms with Gasteiger partial charge in [-0.15, -0.1) is 0 Å². The van der Waals surface area contributed by atoms with Crippen LogP contribution in [0.3, 0.4) is 0 Å². The fourth-order valence-corrected chi connectivity index (χ4v) is 1.74. The molecule has 0 spiro atoms. The van der Waals surface area contributed by atoms with Crippen molar-refractivity contribution in [2.45, 2.75) is 105 Å². The molecule has 186 valence electrons. The molecular weight excluding hydrogens is 408 g/mol. The number of aliphatic carboxylic acids is 1. The quantitative estimate of drug-likeness (QED) is 0.284. The molecule has 0 rings (SSSR count). The Morgan fingerprint density at radius 2 is 1.26 bits per heavy atom. The van der Waals surface area contributed by atoms with Crippen LogP contribution in [0.4, 0.5) is 9.59 Å². The van der Waals surface area contributed by atoms with Crippen molar-refractivity contribution in [2.75, 3.05) is 6.61 Å². The zero-order chi connectivity index (χ0) is 24.8. The van der Waals surface area contributed by atoms with Gasteiger partial charge < -0.3 is 30.0 Å². The van der Waals surface area contributed by atoms with Gasteiger partial charge in [-0.05, 0) is 61.8 Å². The average Bonchev–Trinajstić information content (AvgIpc) is 2.55. The minimum absolute atomic E-state index is 0. The van der Waals surface area contributed by atoms with E-state index in [1.807, 2.05) is 0 Å². The monoisotopic (exact) mass is 452 g/mol. The van der Waals surface area contributed by atoms with E-state index in [0.717, 1.165) is 19.3 Å². The van der Waals surface area contributed by atoms with Gasteiger partial charge >= 0.3 is 24.1 Å². The Kier molecular flexibility index (Phi) is 14.3. The van der Waals surface area contributed by atoms with Crippen molar-refractivity contribution in [1.29, 1.82) is 0 Å². The maximum absolute atomic E-state index is 11.5. The predicted octanol–water partition coefficient (Wildman–Crippen LogP) is 4.11. The summed E-state index contributed by atoms with van der Waals surface area (Å²) in [7, 11) is 0. The second kappa shape index (κ2) is 14.5. The predicted molar refractivity (Wildman–Crippen MR) is 120 cm³/mol. The van der Waals surface area contributed by atoms with E-state index >= 15 is 0 Å². The number of hydrogen-bond acceptors (Lipinski definition) is 7. The number of unbranched alkanes of at least 4 members (excludes halogenated alkanes) is 2. The van der Waals surface area contributed by atoms with Gasteiger partial charge in [0.05, 0.1) is 6.61 Å². The van der Waals surface area contributed by atoms with Gasteiger partial charge in [0.2, 0.25) is 0 Å². The Bertz CT molecular complexity index is 590. The molecule has 0 aromatic rings. The maximum Gasteiger partial charge on any atom is 0.408 e. The number of carbonyl (C=O) groups is 4. The first-order valence-corrected chi connectivity index (χ1v) is 10.4. The van der Waals surface area contributed by atoms with E-state index in [-0.39, 0.29) is 2.85 Å². The van der Waals surface area contributed by atoms with E-state index in [4.69, 9.17) is 19.3 Å². The average molecular weight is 453 g/mol. The topological polar surface area (TPSA) is 140 Å². The van der Waals surface area contributed by atoms with Crippen LogP contribution in [-0.4, -0.2) is 59.1 Å². The van der Waals surface area contributed by atoms with Crippen molar-refractivity contribution in [3.05, 3.63) is 0 Å². The number of ether oxygens (including phenoxy) is 3. The first kappa shape index (κ1) is 30.7. The van der Waals surface area contributed by atoms with Crippen molar-refractivity contribution in [1.82, 2.24) is 10.6 Å². The summed E-state index contributed by atoms with van der Waals surface area (Å²) in [5.41, 5.74) is -1.18. The number of hydrogen-bond donors (Lipinski definition) is 3. The standard InChI is InChI=1S/C13H25NO4.C8H15NO4.2H2/c1-6-7-8-9-17-11(15)10(2)14-12(16)18-13(3,4)5;1-5(6(10)11)9-7(12)13-8(2,3)4;;/h10H,6-9H2,1-5H3,(H,14,16);5H,1-4H3,(H,9,12)(H,10,11);2*1H/t10-;5-;;/m00../s1. The van der Waals surface area contributed by atoms with E-state index < -0.39 is 47.4 Å². The van der Waals surface area contributed by atoms with Crippen LogP contribution in [0.1, 0.15) is 84.4 Å². The van der Waals surface area contributed by atoms with Gasteiger partial charge in [-0.2, -0.15) is 0 Å². The largest absolute Gasteiger partial charge is 0.480 e. The molecule has 31 heavy (non-hydrogen) atoms. The van der Waals surface area contributed by atoms with Gasteiger partial charge in [0, 0.05) is 2.85 Å². The van der Waals surface area contributed by atoms with Crippen molar-refractivity contribution in [2.24, 2.45) is 0 Å². The van der Waals surface area contributed by atoms with Gasteiger partial charge in [-0.3, -0.25) is 4.79 Å². The van der Waals surface area contributed by atoms with E-state index in [9.17, 15) is 19.2 Å². The number of nitrogens with one attached hydrogen (secondary N) is 2. The molecular formula is C21H44N2O8. The first-order valence-electron chi connectivity index (χ1n) is 10.4. The van der Waals surface area contributed by atoms with Crippen molar-refractivity contribution >= 4 is 24.1 Å². The van der Waals surface area contributed by atoms with Gasteiger partial charge in [0.15, 0.2) is 0 Å². The molecule has 0 aromatic heterocycles. The molecule has 3 N–H and O–H groups in total. The summed E-state index contributed by atoms with van der Waals surface area (Å²) in [4.78, 5) is 44.2. The molecule has 10 heteroatoms. The molecule has 0 bridgehead atoms. The van der Waals surface area contributed by atoms with Crippen molar-refractivity contribution < 1.29 is 41.3 Å². The number of rotatable bonds is 8. The molecule has 0 aliphatic heterocycles. The zero-order valence-electron chi connectivity index (χ0n) is 20.3. The molecule has 0 saturated carbocycles. The fourth-order valence-electron chi connectivity index (χ4n) is 1.74. The van der Waals surface area contributed by atoms with Gasteiger partial charge in [-0.1, -0.05) is 19.8 Å². The molecule has 0 radical (unpaired) electrons. The molecule has 0 aliphatic rings. The van der Waals surface area contributed by atoms with Crippen LogP contribution in [-0.2, 0) is 23.8 Å². The number of amides is 2. The summed E-state index contributed by atoms with van der Waals surface area (Å²) in [6.07, 6.45) is 1.62. The van der Waals surface area contributed by atoms with E-state index in [2.05, 4.69) is 17.6 Å². The molecule has 0 aromatic carbocycles. The highest BCUT2D eigenvalue weighted by Gasteiger charge is 2.22. The summed E-state index contributed by atoms with van der Waals surface area (Å²) in [5.74, 6) is -1.53. The number of esters is 1. The smallest absolute Gasteiger partial charge is 0.408 e. The van der Waals surface area contributed by atoms with E-state index in [1.165, 1.54) is 6.92 Å². The lowest BCUT2D eigenvalue weighted by atomic mass is 10.2. The van der Waals surface area contributed by atoms with E-state index in [0.29, 0.717) is 6.61 Å².